The number of nitrogens with zero attached hydrogens (tertiary/aromatic N) is 3. The van der Waals surface area contributed by atoms with Crippen LogP contribution in [-0.2, 0) is 6.54 Å². The van der Waals surface area contributed by atoms with Crippen molar-refractivity contribution in [3.63, 3.8) is 0 Å². The Bertz CT molecular complexity index is 1220. The highest BCUT2D eigenvalue weighted by Gasteiger charge is 2.39. The Balaban J connectivity index is 1.72. The molecule has 0 aliphatic carbocycles. The van der Waals surface area contributed by atoms with E-state index < -0.39 is 28.8 Å². The third-order valence-electron chi connectivity index (χ3n) is 6.20. The van der Waals surface area contributed by atoms with Crippen LogP contribution in [0.25, 0.3) is 0 Å². The van der Waals surface area contributed by atoms with Crippen LogP contribution in [0.15, 0.2) is 40.8 Å². The summed E-state index contributed by atoms with van der Waals surface area (Å²) >= 11 is 0. The molecular weight excluding hydrogens is 415 g/mol. The zero-order valence-corrected chi connectivity index (χ0v) is 18.3. The molecule has 2 amide bonds. The number of hydrogen-bond acceptors (Lipinski definition) is 5. The quantitative estimate of drug-likeness (QED) is 0.713. The Hall–Kier alpha value is -3.62. The molecule has 0 saturated heterocycles. The Labute approximate surface area is 184 Å². The van der Waals surface area contributed by atoms with Gasteiger partial charge in [0, 0.05) is 24.3 Å². The highest BCUT2D eigenvalue weighted by Crippen LogP contribution is 2.28. The summed E-state index contributed by atoms with van der Waals surface area (Å²) in [5.41, 5.74) is 0.583. The number of aromatic nitrogens is 1. The fourth-order valence-corrected chi connectivity index (χ4v) is 4.11. The van der Waals surface area contributed by atoms with Crippen LogP contribution in [0.5, 0.6) is 5.75 Å². The standard InChI is InChI=1S/C23H25FN4O4/c1-12-5-6-16(18(24)7-12)9-25-22(31)17-10-27-19(21(30)20(17)29)23(32)26-11-28(27)15(4)13(2)8-14(26)3/h5-8,10,14-15,30H,9,11H2,1-4H3,(H,25,31)/t14-,15+/m0/s1. The molecule has 32 heavy (non-hydrogen) atoms. The minimum absolute atomic E-state index is 0.126. The maximum atomic E-state index is 14.1. The van der Waals surface area contributed by atoms with Gasteiger partial charge in [0.15, 0.2) is 11.4 Å². The maximum absolute atomic E-state index is 14.1. The van der Waals surface area contributed by atoms with Gasteiger partial charge in [-0.05, 0) is 39.3 Å². The first-order valence-electron chi connectivity index (χ1n) is 10.4. The predicted octanol–water partition coefficient (Wildman–Crippen LogP) is 2.02. The van der Waals surface area contributed by atoms with Gasteiger partial charge in [-0.1, -0.05) is 23.8 Å². The fraction of sp³-hybridized carbons (Fsp3) is 0.348. The highest BCUT2D eigenvalue weighted by molar-refractivity contribution is 5.99. The van der Waals surface area contributed by atoms with E-state index in [1.165, 1.54) is 16.9 Å². The van der Waals surface area contributed by atoms with E-state index in [-0.39, 0.29) is 42.1 Å². The summed E-state index contributed by atoms with van der Waals surface area (Å²) in [5, 5.41) is 15.0. The molecule has 0 saturated carbocycles. The van der Waals surface area contributed by atoms with Crippen LogP contribution in [0.4, 0.5) is 4.39 Å². The molecule has 2 bridgehead atoms. The summed E-state index contributed by atoms with van der Waals surface area (Å²) in [7, 11) is 0. The molecule has 1 aromatic carbocycles. The van der Waals surface area contributed by atoms with Crippen molar-refractivity contribution in [2.75, 3.05) is 11.7 Å². The lowest BCUT2D eigenvalue weighted by molar-refractivity contribution is 0.0652. The molecule has 2 aromatic rings. The van der Waals surface area contributed by atoms with Gasteiger partial charge in [0.2, 0.25) is 5.43 Å². The zero-order valence-electron chi connectivity index (χ0n) is 18.3. The monoisotopic (exact) mass is 440 g/mol. The molecule has 0 unspecified atom stereocenters. The van der Waals surface area contributed by atoms with Crippen molar-refractivity contribution < 1.29 is 19.1 Å². The van der Waals surface area contributed by atoms with E-state index in [0.717, 1.165) is 11.1 Å². The molecule has 9 heteroatoms. The number of carbonyl (C=O) groups excluding carboxylic acids is 2. The molecule has 1 aromatic heterocycles. The van der Waals surface area contributed by atoms with Gasteiger partial charge >= 0.3 is 0 Å². The molecule has 2 N–H and O–H groups in total. The van der Waals surface area contributed by atoms with E-state index in [4.69, 9.17) is 0 Å². The van der Waals surface area contributed by atoms with Crippen LogP contribution in [0.1, 0.15) is 52.7 Å². The van der Waals surface area contributed by atoms with Crippen molar-refractivity contribution in [3.05, 3.63) is 74.5 Å². The molecule has 3 heterocycles. The maximum Gasteiger partial charge on any atom is 0.278 e. The Morgan fingerprint density at radius 1 is 1.25 bits per heavy atom. The van der Waals surface area contributed by atoms with Gasteiger partial charge in [-0.2, -0.15) is 0 Å². The molecular formula is C23H25FN4O4. The molecule has 168 valence electrons. The van der Waals surface area contributed by atoms with Crippen LogP contribution in [0.3, 0.4) is 0 Å². The van der Waals surface area contributed by atoms with Crippen LogP contribution in [-0.4, -0.2) is 45.2 Å². The van der Waals surface area contributed by atoms with Crippen molar-refractivity contribution in [2.45, 2.75) is 46.3 Å². The van der Waals surface area contributed by atoms with E-state index in [1.807, 2.05) is 31.9 Å². The minimum atomic E-state index is -0.947. The summed E-state index contributed by atoms with van der Waals surface area (Å²) in [6.45, 7) is 7.62. The number of aryl methyl sites for hydroxylation is 1. The highest BCUT2D eigenvalue weighted by atomic mass is 19.1. The number of pyridine rings is 1. The number of rotatable bonds is 3. The first-order chi connectivity index (χ1) is 15.1. The van der Waals surface area contributed by atoms with Crippen LogP contribution >= 0.6 is 0 Å². The lowest BCUT2D eigenvalue weighted by Crippen LogP contribution is -2.57. The van der Waals surface area contributed by atoms with Gasteiger partial charge in [0.05, 0.1) is 6.04 Å². The lowest BCUT2D eigenvalue weighted by Gasteiger charge is -2.42. The summed E-state index contributed by atoms with van der Waals surface area (Å²) in [6, 6.07) is 4.28. The Kier molecular flexibility index (Phi) is 5.28. The number of fused-ring (bicyclic) bond motifs is 4. The fourth-order valence-electron chi connectivity index (χ4n) is 4.11. The Morgan fingerprint density at radius 2 is 1.97 bits per heavy atom. The van der Waals surface area contributed by atoms with Crippen LogP contribution in [0.2, 0.25) is 0 Å². The van der Waals surface area contributed by atoms with Gasteiger partial charge in [0.25, 0.3) is 11.8 Å². The zero-order chi connectivity index (χ0) is 23.3. The minimum Gasteiger partial charge on any atom is -0.502 e. The third kappa shape index (κ3) is 3.43. The molecule has 8 nitrogen and oxygen atoms in total. The molecule has 0 spiro atoms. The van der Waals surface area contributed by atoms with E-state index in [2.05, 4.69) is 5.32 Å². The van der Waals surface area contributed by atoms with E-state index in [0.29, 0.717) is 0 Å². The smallest absolute Gasteiger partial charge is 0.278 e. The van der Waals surface area contributed by atoms with E-state index in [9.17, 15) is 23.9 Å². The molecule has 0 fully saturated rings. The number of aromatic hydroxyl groups is 1. The molecule has 4 rings (SSSR count). The second kappa shape index (κ2) is 7.81. The average molecular weight is 440 g/mol. The Morgan fingerprint density at radius 3 is 2.66 bits per heavy atom. The van der Waals surface area contributed by atoms with Crippen molar-refractivity contribution in [2.24, 2.45) is 0 Å². The molecule has 2 atom stereocenters. The van der Waals surface area contributed by atoms with Crippen LogP contribution in [0, 0.1) is 12.7 Å². The second-order valence-electron chi connectivity index (χ2n) is 8.37. The number of benzene rings is 1. The number of carbonyl (C=O) groups is 2. The first kappa shape index (κ1) is 21.6. The lowest BCUT2D eigenvalue weighted by atomic mass is 10.1. The van der Waals surface area contributed by atoms with Crippen molar-refractivity contribution >= 4 is 11.8 Å². The van der Waals surface area contributed by atoms with Crippen molar-refractivity contribution in [1.29, 1.82) is 0 Å². The van der Waals surface area contributed by atoms with Crippen molar-refractivity contribution in [3.8, 4) is 5.75 Å². The van der Waals surface area contributed by atoms with Gasteiger partial charge < -0.3 is 15.3 Å². The van der Waals surface area contributed by atoms with Gasteiger partial charge in [-0.15, -0.1) is 0 Å². The number of halogens is 1. The van der Waals surface area contributed by atoms with E-state index >= 15 is 0 Å². The molecule has 0 radical (unpaired) electrons. The second-order valence-corrected chi connectivity index (χ2v) is 8.37. The average Bonchev–Trinajstić information content (AvgIpc) is 2.83. The number of nitrogens with one attached hydrogen (secondary N) is 1. The predicted molar refractivity (Wildman–Crippen MR) is 117 cm³/mol. The van der Waals surface area contributed by atoms with Gasteiger partial charge in [-0.25, -0.2) is 4.39 Å². The first-order valence-corrected chi connectivity index (χ1v) is 10.4. The molecule has 2 aliphatic heterocycles. The van der Waals surface area contributed by atoms with E-state index in [1.54, 1.807) is 24.0 Å². The van der Waals surface area contributed by atoms with Gasteiger partial charge in [0.1, 0.15) is 18.0 Å². The molecule has 2 aliphatic rings. The summed E-state index contributed by atoms with van der Waals surface area (Å²) in [5.74, 6) is -2.50. The largest absolute Gasteiger partial charge is 0.502 e. The number of amides is 2. The summed E-state index contributed by atoms with van der Waals surface area (Å²) in [4.78, 5) is 40.2. The SMILES string of the molecule is CC1=C[C@H](C)N2CN([C@@H]1C)n1cc(C(=O)NCc3ccc(C)cc3F)c(=O)c(O)c1C2=O. The third-order valence-corrected chi connectivity index (χ3v) is 6.20. The van der Waals surface area contributed by atoms with Crippen LogP contribution < -0.4 is 15.8 Å². The summed E-state index contributed by atoms with van der Waals surface area (Å²) < 4.78 is 15.5. The van der Waals surface area contributed by atoms with Crippen molar-refractivity contribution in [1.82, 2.24) is 14.9 Å². The number of hydrogen-bond donors (Lipinski definition) is 2. The summed E-state index contributed by atoms with van der Waals surface area (Å²) in [6.07, 6.45) is 3.24. The normalized spacial score (nSPS) is 19.9. The topological polar surface area (TPSA) is 94.9 Å². The van der Waals surface area contributed by atoms with Gasteiger partial charge in [-0.3, -0.25) is 24.1 Å².